The van der Waals surface area contributed by atoms with E-state index in [1.807, 2.05) is 6.20 Å². The molecule has 18 heavy (non-hydrogen) atoms. The summed E-state index contributed by atoms with van der Waals surface area (Å²) in [4.78, 5) is 4.54. The third-order valence-corrected chi connectivity index (χ3v) is 4.24. The third-order valence-electron chi connectivity index (χ3n) is 4.24. The van der Waals surface area contributed by atoms with E-state index in [2.05, 4.69) is 36.4 Å². The molecule has 2 rings (SSSR count). The Balaban J connectivity index is 1.97. The fourth-order valence-electron chi connectivity index (χ4n) is 3.06. The molecule has 0 saturated heterocycles. The number of likely N-dealkylation sites (N-methyl/N-ethyl adjacent to an activating group) is 1. The monoisotopic (exact) mass is 246 g/mol. The first-order chi connectivity index (χ1) is 8.79. The standard InChI is InChI=1S/C16H26N2/c1-13-9-10-15(18-12-13)11-16(17-2)14-7-5-3-4-6-8-14/h9-10,12,14,16-17H,3-8,11H2,1-2H3. The predicted octanol–water partition coefficient (Wildman–Crippen LogP) is 3.49. The van der Waals surface area contributed by atoms with Crippen LogP contribution in [0.2, 0.25) is 0 Å². The molecule has 1 saturated carbocycles. The Morgan fingerprint density at radius 2 is 1.94 bits per heavy atom. The van der Waals surface area contributed by atoms with Gasteiger partial charge in [0.1, 0.15) is 0 Å². The Morgan fingerprint density at radius 3 is 2.50 bits per heavy atom. The van der Waals surface area contributed by atoms with E-state index in [-0.39, 0.29) is 0 Å². The van der Waals surface area contributed by atoms with Crippen molar-refractivity contribution in [2.45, 2.75) is 57.9 Å². The second kappa shape index (κ2) is 6.89. The van der Waals surface area contributed by atoms with E-state index >= 15 is 0 Å². The summed E-state index contributed by atoms with van der Waals surface area (Å²) in [6.07, 6.45) is 11.5. The van der Waals surface area contributed by atoms with Crippen molar-refractivity contribution in [3.8, 4) is 0 Å². The topological polar surface area (TPSA) is 24.9 Å². The van der Waals surface area contributed by atoms with Gasteiger partial charge in [-0.1, -0.05) is 31.7 Å². The van der Waals surface area contributed by atoms with Crippen LogP contribution in [0.1, 0.15) is 49.8 Å². The lowest BCUT2D eigenvalue weighted by Crippen LogP contribution is -2.35. The smallest absolute Gasteiger partial charge is 0.0419 e. The van der Waals surface area contributed by atoms with Gasteiger partial charge in [-0.05, 0) is 44.4 Å². The molecule has 0 aliphatic heterocycles. The summed E-state index contributed by atoms with van der Waals surface area (Å²) in [6, 6.07) is 4.94. The van der Waals surface area contributed by atoms with Crippen LogP contribution in [0.25, 0.3) is 0 Å². The molecular weight excluding hydrogens is 220 g/mol. The number of aromatic nitrogens is 1. The molecule has 0 spiro atoms. The van der Waals surface area contributed by atoms with Crippen LogP contribution in [0, 0.1) is 12.8 Å². The number of aryl methyl sites for hydroxylation is 1. The van der Waals surface area contributed by atoms with Crippen molar-refractivity contribution >= 4 is 0 Å². The highest BCUT2D eigenvalue weighted by Crippen LogP contribution is 2.26. The molecule has 1 unspecified atom stereocenters. The van der Waals surface area contributed by atoms with Crippen LogP contribution >= 0.6 is 0 Å². The number of pyridine rings is 1. The minimum absolute atomic E-state index is 0.596. The van der Waals surface area contributed by atoms with Crippen LogP contribution in [0.5, 0.6) is 0 Å². The molecule has 0 amide bonds. The van der Waals surface area contributed by atoms with Crippen molar-refractivity contribution in [1.82, 2.24) is 10.3 Å². The summed E-state index contributed by atoms with van der Waals surface area (Å²) < 4.78 is 0. The van der Waals surface area contributed by atoms with Crippen LogP contribution in [0.4, 0.5) is 0 Å². The molecule has 1 aromatic rings. The van der Waals surface area contributed by atoms with E-state index in [4.69, 9.17) is 0 Å². The van der Waals surface area contributed by atoms with Gasteiger partial charge in [-0.3, -0.25) is 4.98 Å². The van der Waals surface area contributed by atoms with Crippen molar-refractivity contribution in [2.24, 2.45) is 5.92 Å². The molecule has 0 bridgehead atoms. The van der Waals surface area contributed by atoms with Gasteiger partial charge in [0, 0.05) is 24.4 Å². The van der Waals surface area contributed by atoms with Crippen LogP contribution in [-0.2, 0) is 6.42 Å². The maximum absolute atomic E-state index is 4.54. The van der Waals surface area contributed by atoms with E-state index in [9.17, 15) is 0 Å². The molecule has 1 fully saturated rings. The molecule has 1 aliphatic carbocycles. The zero-order valence-electron chi connectivity index (χ0n) is 11.8. The zero-order chi connectivity index (χ0) is 12.8. The number of nitrogens with zero attached hydrogens (tertiary/aromatic N) is 1. The maximum Gasteiger partial charge on any atom is 0.0419 e. The van der Waals surface area contributed by atoms with Crippen LogP contribution in [-0.4, -0.2) is 18.1 Å². The number of hydrogen-bond donors (Lipinski definition) is 1. The van der Waals surface area contributed by atoms with Gasteiger partial charge < -0.3 is 5.32 Å². The molecular formula is C16H26N2. The highest BCUT2D eigenvalue weighted by Gasteiger charge is 2.21. The molecule has 1 aromatic heterocycles. The van der Waals surface area contributed by atoms with Crippen molar-refractivity contribution in [2.75, 3.05) is 7.05 Å². The van der Waals surface area contributed by atoms with Gasteiger partial charge in [-0.15, -0.1) is 0 Å². The largest absolute Gasteiger partial charge is 0.316 e. The molecule has 0 aromatic carbocycles. The predicted molar refractivity (Wildman–Crippen MR) is 76.7 cm³/mol. The lowest BCUT2D eigenvalue weighted by molar-refractivity contribution is 0.331. The van der Waals surface area contributed by atoms with Crippen LogP contribution < -0.4 is 5.32 Å². The quantitative estimate of drug-likeness (QED) is 0.823. The number of rotatable bonds is 4. The van der Waals surface area contributed by atoms with Gasteiger partial charge in [0.15, 0.2) is 0 Å². The summed E-state index contributed by atoms with van der Waals surface area (Å²) in [7, 11) is 2.10. The van der Waals surface area contributed by atoms with E-state index in [0.29, 0.717) is 6.04 Å². The Kier molecular flexibility index (Phi) is 5.18. The van der Waals surface area contributed by atoms with E-state index in [0.717, 1.165) is 12.3 Å². The summed E-state index contributed by atoms with van der Waals surface area (Å²) in [5.41, 5.74) is 2.47. The van der Waals surface area contributed by atoms with E-state index in [1.54, 1.807) is 0 Å². The van der Waals surface area contributed by atoms with Gasteiger partial charge >= 0.3 is 0 Å². The molecule has 1 aliphatic rings. The Morgan fingerprint density at radius 1 is 1.22 bits per heavy atom. The van der Waals surface area contributed by atoms with E-state index < -0.39 is 0 Å². The number of nitrogens with one attached hydrogen (secondary N) is 1. The summed E-state index contributed by atoms with van der Waals surface area (Å²) in [5, 5.41) is 3.52. The molecule has 0 radical (unpaired) electrons. The molecule has 2 heteroatoms. The van der Waals surface area contributed by atoms with Crippen molar-refractivity contribution in [3.63, 3.8) is 0 Å². The normalized spacial score (nSPS) is 19.4. The van der Waals surface area contributed by atoms with Gasteiger partial charge in [0.05, 0.1) is 0 Å². The lowest BCUT2D eigenvalue weighted by atomic mass is 9.89. The van der Waals surface area contributed by atoms with Crippen LogP contribution in [0.15, 0.2) is 18.3 Å². The molecule has 1 N–H and O–H groups in total. The fourth-order valence-corrected chi connectivity index (χ4v) is 3.06. The Labute approximate surface area is 111 Å². The fraction of sp³-hybridized carbons (Fsp3) is 0.688. The average molecular weight is 246 g/mol. The summed E-state index contributed by atoms with van der Waals surface area (Å²) in [5.74, 6) is 0.834. The highest BCUT2D eigenvalue weighted by atomic mass is 14.9. The SMILES string of the molecule is CNC(Cc1ccc(C)cn1)C1CCCCCC1. The van der Waals surface area contributed by atoms with Gasteiger partial charge in [0.2, 0.25) is 0 Å². The Bertz CT molecular complexity index is 337. The summed E-state index contributed by atoms with van der Waals surface area (Å²) in [6.45, 7) is 2.09. The number of hydrogen-bond acceptors (Lipinski definition) is 2. The first-order valence-electron chi connectivity index (χ1n) is 7.38. The summed E-state index contributed by atoms with van der Waals surface area (Å²) >= 11 is 0. The molecule has 2 nitrogen and oxygen atoms in total. The minimum atomic E-state index is 0.596. The second-order valence-corrected chi connectivity index (χ2v) is 5.68. The first-order valence-corrected chi connectivity index (χ1v) is 7.38. The third kappa shape index (κ3) is 3.81. The lowest BCUT2D eigenvalue weighted by Gasteiger charge is -2.25. The maximum atomic E-state index is 4.54. The van der Waals surface area contributed by atoms with Gasteiger partial charge in [0.25, 0.3) is 0 Å². The van der Waals surface area contributed by atoms with Gasteiger partial charge in [-0.25, -0.2) is 0 Å². The highest BCUT2D eigenvalue weighted by molar-refractivity contribution is 5.13. The molecule has 1 atom stereocenters. The molecule has 100 valence electrons. The van der Waals surface area contributed by atoms with E-state index in [1.165, 1.54) is 49.8 Å². The first kappa shape index (κ1) is 13.5. The Hall–Kier alpha value is -0.890. The second-order valence-electron chi connectivity index (χ2n) is 5.68. The average Bonchev–Trinajstić information content (AvgIpc) is 2.67. The van der Waals surface area contributed by atoms with Crippen molar-refractivity contribution in [1.29, 1.82) is 0 Å². The zero-order valence-corrected chi connectivity index (χ0v) is 11.8. The minimum Gasteiger partial charge on any atom is -0.316 e. The van der Waals surface area contributed by atoms with Crippen LogP contribution in [0.3, 0.4) is 0 Å². The van der Waals surface area contributed by atoms with Crippen molar-refractivity contribution < 1.29 is 0 Å². The van der Waals surface area contributed by atoms with Gasteiger partial charge in [-0.2, -0.15) is 0 Å². The molecule has 1 heterocycles. The van der Waals surface area contributed by atoms with Crippen molar-refractivity contribution in [3.05, 3.63) is 29.6 Å².